The van der Waals surface area contributed by atoms with E-state index in [2.05, 4.69) is 66.4 Å². The number of rotatable bonds is 9. The molecule has 0 amide bonds. The molecule has 1 heterocycles. The Hall–Kier alpha value is -1.06. The zero-order valence-corrected chi connectivity index (χ0v) is 20.3. The third kappa shape index (κ3) is 7.75. The molecule has 1 aliphatic heterocycles. The van der Waals surface area contributed by atoms with E-state index in [-0.39, 0.29) is 30.1 Å². The van der Waals surface area contributed by atoms with Crippen molar-refractivity contribution in [3.05, 3.63) is 29.3 Å². The quantitative estimate of drug-likeness (QED) is 0.308. The molecule has 2 rings (SSSR count). The number of hydrogen-bond donors (Lipinski definition) is 2. The van der Waals surface area contributed by atoms with Gasteiger partial charge in [-0.05, 0) is 38.6 Å². The maximum atomic E-state index is 6.18. The lowest BCUT2D eigenvalue weighted by Crippen LogP contribution is -2.45. The van der Waals surface area contributed by atoms with E-state index in [1.807, 2.05) is 0 Å². The van der Waals surface area contributed by atoms with Crippen LogP contribution >= 0.6 is 24.0 Å². The third-order valence-corrected chi connectivity index (χ3v) is 5.07. The molecule has 1 aliphatic rings. The highest BCUT2D eigenvalue weighted by Gasteiger charge is 2.19. The molecule has 0 saturated carbocycles. The van der Waals surface area contributed by atoms with Crippen molar-refractivity contribution in [1.29, 1.82) is 0 Å². The van der Waals surface area contributed by atoms with Crippen molar-refractivity contribution < 1.29 is 9.47 Å². The van der Waals surface area contributed by atoms with Crippen LogP contribution in [-0.4, -0.2) is 62.9 Å². The Morgan fingerprint density at radius 1 is 1.32 bits per heavy atom. The maximum absolute atomic E-state index is 6.18. The van der Waals surface area contributed by atoms with Gasteiger partial charge in [-0.3, -0.25) is 9.89 Å². The van der Waals surface area contributed by atoms with Crippen molar-refractivity contribution in [2.24, 2.45) is 4.99 Å². The van der Waals surface area contributed by atoms with E-state index in [0.29, 0.717) is 19.2 Å². The van der Waals surface area contributed by atoms with Crippen molar-refractivity contribution in [2.75, 3.05) is 39.9 Å². The number of aryl methyl sites for hydroxylation is 1. The lowest BCUT2D eigenvalue weighted by molar-refractivity contribution is 0.140. The summed E-state index contributed by atoms with van der Waals surface area (Å²) in [4.78, 5) is 6.78. The van der Waals surface area contributed by atoms with E-state index in [1.165, 1.54) is 5.56 Å². The van der Waals surface area contributed by atoms with Crippen LogP contribution in [0.4, 0.5) is 0 Å². The highest BCUT2D eigenvalue weighted by molar-refractivity contribution is 14.0. The Bertz CT molecular complexity index is 602. The monoisotopic (exact) mass is 504 g/mol. The number of nitrogens with one attached hydrogen (secondary N) is 2. The van der Waals surface area contributed by atoms with Gasteiger partial charge < -0.3 is 20.1 Å². The van der Waals surface area contributed by atoms with E-state index < -0.39 is 0 Å². The highest BCUT2D eigenvalue weighted by Crippen LogP contribution is 2.23. The summed E-state index contributed by atoms with van der Waals surface area (Å²) >= 11 is 0. The smallest absolute Gasteiger partial charge is 0.191 e. The van der Waals surface area contributed by atoms with Crippen molar-refractivity contribution in [3.8, 4) is 5.75 Å². The van der Waals surface area contributed by atoms with Gasteiger partial charge in [0.15, 0.2) is 5.96 Å². The Morgan fingerprint density at radius 3 is 2.68 bits per heavy atom. The second-order valence-electron chi connectivity index (χ2n) is 7.09. The first-order valence-electron chi connectivity index (χ1n) is 10.1. The fraction of sp³-hybridized carbons (Fsp3) is 0.667. The summed E-state index contributed by atoms with van der Waals surface area (Å²) in [6.07, 6.45) is 1.10. The summed E-state index contributed by atoms with van der Waals surface area (Å²) < 4.78 is 11.6. The minimum atomic E-state index is 0. The molecule has 1 aromatic rings. The van der Waals surface area contributed by atoms with Gasteiger partial charge in [0.05, 0.1) is 13.2 Å². The molecule has 7 heteroatoms. The Labute approximate surface area is 187 Å². The molecule has 0 bridgehead atoms. The number of aliphatic imine (C=N–C) groups is 1. The van der Waals surface area contributed by atoms with Gasteiger partial charge in [0.25, 0.3) is 0 Å². The van der Waals surface area contributed by atoms with Crippen LogP contribution < -0.4 is 15.4 Å². The fourth-order valence-corrected chi connectivity index (χ4v) is 3.32. The molecule has 0 radical (unpaired) electrons. The molecule has 160 valence electrons. The molecule has 2 atom stereocenters. The van der Waals surface area contributed by atoms with Crippen LogP contribution in [0.25, 0.3) is 0 Å². The second-order valence-corrected chi connectivity index (χ2v) is 7.09. The van der Waals surface area contributed by atoms with E-state index >= 15 is 0 Å². The zero-order valence-electron chi connectivity index (χ0n) is 18.0. The first kappa shape index (κ1) is 25.0. The van der Waals surface area contributed by atoms with Gasteiger partial charge in [-0.1, -0.05) is 26.0 Å². The van der Waals surface area contributed by atoms with Crippen LogP contribution in [0.2, 0.25) is 0 Å². The van der Waals surface area contributed by atoms with E-state index in [1.54, 1.807) is 7.05 Å². The minimum Gasteiger partial charge on any atom is -0.488 e. The summed E-state index contributed by atoms with van der Waals surface area (Å²) in [6, 6.07) is 6.81. The Morgan fingerprint density at radius 2 is 2.07 bits per heavy atom. The van der Waals surface area contributed by atoms with Crippen molar-refractivity contribution in [1.82, 2.24) is 15.5 Å². The van der Waals surface area contributed by atoms with Gasteiger partial charge in [0, 0.05) is 38.2 Å². The van der Waals surface area contributed by atoms with Crippen molar-refractivity contribution in [3.63, 3.8) is 0 Å². The summed E-state index contributed by atoms with van der Waals surface area (Å²) in [5.74, 6) is 1.75. The van der Waals surface area contributed by atoms with Gasteiger partial charge >= 0.3 is 0 Å². The molecular weight excluding hydrogens is 467 g/mol. The lowest BCUT2D eigenvalue weighted by atomic mass is 10.1. The first-order chi connectivity index (χ1) is 13.1. The normalized spacial score (nSPS) is 17.9. The average molecular weight is 504 g/mol. The fourth-order valence-electron chi connectivity index (χ4n) is 3.32. The standard InChI is InChI=1S/C21H36N4O2.HI/c1-6-25(7-2)17(4)13-23-21(22-5)24-14-18-9-8-16(3)12-20(18)27-19-10-11-26-15-19;/h8-9,12,17,19H,6-7,10-11,13-15H2,1-5H3,(H2,22,23,24);1H. The third-order valence-electron chi connectivity index (χ3n) is 5.07. The summed E-state index contributed by atoms with van der Waals surface area (Å²) in [5, 5.41) is 6.84. The van der Waals surface area contributed by atoms with Crippen molar-refractivity contribution in [2.45, 2.75) is 52.8 Å². The molecule has 1 aromatic carbocycles. The predicted molar refractivity (Wildman–Crippen MR) is 127 cm³/mol. The van der Waals surface area contributed by atoms with E-state index in [0.717, 1.165) is 49.9 Å². The number of benzene rings is 1. The molecule has 2 N–H and O–H groups in total. The minimum absolute atomic E-state index is 0. The number of likely N-dealkylation sites (N-methyl/N-ethyl adjacent to an activating group) is 1. The Balaban J connectivity index is 0.00000392. The topological polar surface area (TPSA) is 58.1 Å². The number of halogens is 1. The maximum Gasteiger partial charge on any atom is 0.191 e. The number of nitrogens with zero attached hydrogens (tertiary/aromatic N) is 2. The van der Waals surface area contributed by atoms with E-state index in [9.17, 15) is 0 Å². The summed E-state index contributed by atoms with van der Waals surface area (Å²) in [7, 11) is 1.81. The van der Waals surface area contributed by atoms with Crippen LogP contribution in [-0.2, 0) is 11.3 Å². The number of ether oxygens (including phenoxy) is 2. The second kappa shape index (κ2) is 13.2. The van der Waals surface area contributed by atoms with Gasteiger partial charge in [-0.25, -0.2) is 0 Å². The SMILES string of the molecule is CCN(CC)C(C)CNC(=NC)NCc1ccc(C)cc1OC1CCOC1.I. The summed E-state index contributed by atoms with van der Waals surface area (Å²) in [6.45, 7) is 13.8. The molecule has 1 fully saturated rings. The molecule has 2 unspecified atom stereocenters. The number of guanidine groups is 1. The molecule has 28 heavy (non-hydrogen) atoms. The zero-order chi connectivity index (χ0) is 19.6. The van der Waals surface area contributed by atoms with E-state index in [4.69, 9.17) is 9.47 Å². The van der Waals surface area contributed by atoms with Gasteiger partial charge in [0.1, 0.15) is 11.9 Å². The largest absolute Gasteiger partial charge is 0.488 e. The lowest BCUT2D eigenvalue weighted by Gasteiger charge is -2.27. The van der Waals surface area contributed by atoms with Gasteiger partial charge in [-0.15, -0.1) is 24.0 Å². The van der Waals surface area contributed by atoms with Crippen LogP contribution in [0.3, 0.4) is 0 Å². The molecule has 0 aliphatic carbocycles. The molecular formula is C21H37IN4O2. The van der Waals surface area contributed by atoms with Gasteiger partial charge in [-0.2, -0.15) is 0 Å². The van der Waals surface area contributed by atoms with Crippen LogP contribution in [0.1, 0.15) is 38.3 Å². The highest BCUT2D eigenvalue weighted by atomic mass is 127. The van der Waals surface area contributed by atoms with Gasteiger partial charge in [0.2, 0.25) is 0 Å². The molecule has 1 saturated heterocycles. The Kier molecular flexibility index (Phi) is 11.8. The summed E-state index contributed by atoms with van der Waals surface area (Å²) in [5.41, 5.74) is 2.33. The van der Waals surface area contributed by atoms with Crippen LogP contribution in [0, 0.1) is 6.92 Å². The van der Waals surface area contributed by atoms with Crippen molar-refractivity contribution >= 4 is 29.9 Å². The first-order valence-corrected chi connectivity index (χ1v) is 10.1. The molecule has 6 nitrogen and oxygen atoms in total. The molecule has 0 aromatic heterocycles. The predicted octanol–water partition coefficient (Wildman–Crippen LogP) is 3.18. The van der Waals surface area contributed by atoms with Crippen LogP contribution in [0.15, 0.2) is 23.2 Å². The van der Waals surface area contributed by atoms with Crippen LogP contribution in [0.5, 0.6) is 5.75 Å². The number of hydrogen-bond acceptors (Lipinski definition) is 4. The molecule has 0 spiro atoms. The average Bonchev–Trinajstić information content (AvgIpc) is 3.17.